The van der Waals surface area contributed by atoms with Crippen LogP contribution in [-0.2, 0) is 4.79 Å². The lowest BCUT2D eigenvalue weighted by atomic mass is 9.99. The highest BCUT2D eigenvalue weighted by Gasteiger charge is 2.25. The van der Waals surface area contributed by atoms with Gasteiger partial charge in [-0.15, -0.1) is 0 Å². The second-order valence-corrected chi connectivity index (χ2v) is 10.9. The zero-order valence-corrected chi connectivity index (χ0v) is 24.2. The minimum Gasteiger partial charge on any atom is -0.369 e. The first-order chi connectivity index (χ1) is 20.8. The summed E-state index contributed by atoms with van der Waals surface area (Å²) in [6.45, 7) is 4.08. The highest BCUT2D eigenvalue weighted by molar-refractivity contribution is 6.32. The van der Waals surface area contributed by atoms with E-state index in [4.69, 9.17) is 11.6 Å². The predicted molar refractivity (Wildman–Crippen MR) is 170 cm³/mol. The summed E-state index contributed by atoms with van der Waals surface area (Å²) in [5.41, 5.74) is 5.43. The zero-order chi connectivity index (χ0) is 29.9. The molecule has 2 aliphatic heterocycles. The van der Waals surface area contributed by atoms with Crippen molar-refractivity contribution in [2.24, 2.45) is 0 Å². The van der Waals surface area contributed by atoms with Gasteiger partial charge >= 0.3 is 0 Å². The summed E-state index contributed by atoms with van der Waals surface area (Å²) >= 11 is 5.80. The average Bonchev–Trinajstić information content (AvgIpc) is 3.34. The number of amides is 2. The van der Waals surface area contributed by atoms with Crippen molar-refractivity contribution in [3.05, 3.63) is 119 Å². The van der Waals surface area contributed by atoms with Crippen LogP contribution in [-0.4, -0.2) is 60.7 Å². The van der Waals surface area contributed by atoms with E-state index in [1.54, 1.807) is 54.7 Å². The number of likely N-dealkylation sites (N-methyl/N-ethyl adjacent to an activating group) is 1. The fourth-order valence-corrected chi connectivity index (χ4v) is 5.20. The highest BCUT2D eigenvalue weighted by atomic mass is 35.5. The molecule has 10 heteroatoms. The Morgan fingerprint density at radius 2 is 1.63 bits per heavy atom. The molecule has 216 valence electrons. The van der Waals surface area contributed by atoms with Gasteiger partial charge in [-0.2, -0.15) is 0 Å². The molecule has 0 bridgehead atoms. The fraction of sp³-hybridized carbons (Fsp3) is 0.152. The second-order valence-electron chi connectivity index (χ2n) is 10.5. The lowest BCUT2D eigenvalue weighted by Crippen LogP contribution is -2.44. The van der Waals surface area contributed by atoms with E-state index in [2.05, 4.69) is 49.9 Å². The first-order valence-electron chi connectivity index (χ1n) is 13.9. The molecule has 6 rings (SSSR count). The summed E-state index contributed by atoms with van der Waals surface area (Å²) < 4.78 is 0. The van der Waals surface area contributed by atoms with Gasteiger partial charge in [-0.3, -0.25) is 14.4 Å². The maximum absolute atomic E-state index is 13.3. The lowest BCUT2D eigenvalue weighted by molar-refractivity contribution is -0.110. The number of aromatic nitrogens is 1. The number of hydrogen-bond acceptors (Lipinski definition) is 7. The molecule has 0 saturated carbocycles. The summed E-state index contributed by atoms with van der Waals surface area (Å²) in [7, 11) is 2.14. The summed E-state index contributed by atoms with van der Waals surface area (Å²) in [4.78, 5) is 47.3. The largest absolute Gasteiger partial charge is 0.369 e. The third kappa shape index (κ3) is 6.28. The Morgan fingerprint density at radius 3 is 2.37 bits per heavy atom. The van der Waals surface area contributed by atoms with Gasteiger partial charge in [0.05, 0.1) is 11.1 Å². The van der Waals surface area contributed by atoms with E-state index in [1.807, 2.05) is 12.1 Å². The molecule has 1 saturated heterocycles. The van der Waals surface area contributed by atoms with Crippen LogP contribution in [0.25, 0.3) is 5.57 Å². The Bertz CT molecular complexity index is 1730. The molecule has 1 fully saturated rings. The van der Waals surface area contributed by atoms with Gasteiger partial charge in [0, 0.05) is 78.0 Å². The van der Waals surface area contributed by atoms with Gasteiger partial charge in [-0.1, -0.05) is 35.9 Å². The number of carbonyl (C=O) groups excluding carboxylic acids is 3. The molecule has 0 radical (unpaired) electrons. The van der Waals surface area contributed by atoms with Crippen LogP contribution in [0.5, 0.6) is 0 Å². The molecule has 0 atom stereocenters. The molecule has 2 amide bonds. The summed E-state index contributed by atoms with van der Waals surface area (Å²) in [6, 6.07) is 23.1. The number of fused-ring (bicyclic) bond motifs is 1. The van der Waals surface area contributed by atoms with Gasteiger partial charge in [-0.25, -0.2) is 4.98 Å². The third-order valence-corrected chi connectivity index (χ3v) is 7.78. The standard InChI is InChI=1S/C33H29ClN6O3/c1-39-13-15-40(16-14-39)26-9-7-24(8-10-26)35-20-28-27-11-5-22(18-29(27)38-33(28)43)31(41)21-3-2-4-25(17-21)37-32(42)23-6-12-30(34)36-19-23/h2-12,17-20,35H,13-16H2,1H3,(H,37,42)(H,38,43)/b28-20+. The molecule has 2 aliphatic rings. The topological polar surface area (TPSA) is 107 Å². The van der Waals surface area contributed by atoms with Gasteiger partial charge in [0.25, 0.3) is 11.8 Å². The Morgan fingerprint density at radius 1 is 0.884 bits per heavy atom. The fourth-order valence-electron chi connectivity index (χ4n) is 5.09. The Labute approximate surface area is 254 Å². The molecule has 43 heavy (non-hydrogen) atoms. The molecule has 0 spiro atoms. The summed E-state index contributed by atoms with van der Waals surface area (Å²) in [5.74, 6) is -0.854. The van der Waals surface area contributed by atoms with Crippen LogP contribution in [0.15, 0.2) is 91.3 Å². The van der Waals surface area contributed by atoms with Crippen LogP contribution in [0.3, 0.4) is 0 Å². The van der Waals surface area contributed by atoms with E-state index in [0.717, 1.165) is 31.9 Å². The van der Waals surface area contributed by atoms with E-state index in [9.17, 15) is 14.4 Å². The van der Waals surface area contributed by atoms with Gasteiger partial charge in [0.15, 0.2) is 5.78 Å². The van der Waals surface area contributed by atoms with Crippen LogP contribution in [0.1, 0.15) is 31.8 Å². The highest BCUT2D eigenvalue weighted by Crippen LogP contribution is 2.33. The summed E-state index contributed by atoms with van der Waals surface area (Å²) in [5, 5.41) is 9.16. The first kappa shape index (κ1) is 28.1. The van der Waals surface area contributed by atoms with E-state index in [-0.39, 0.29) is 17.6 Å². The normalized spacial score (nSPS) is 15.6. The number of anilines is 4. The van der Waals surface area contributed by atoms with Crippen molar-refractivity contribution in [1.29, 1.82) is 0 Å². The number of piperazine rings is 1. The third-order valence-electron chi connectivity index (χ3n) is 7.56. The molecular weight excluding hydrogens is 564 g/mol. The maximum Gasteiger partial charge on any atom is 0.257 e. The predicted octanol–water partition coefficient (Wildman–Crippen LogP) is 5.38. The molecule has 1 aromatic heterocycles. The maximum atomic E-state index is 13.3. The monoisotopic (exact) mass is 592 g/mol. The van der Waals surface area contributed by atoms with E-state index in [0.29, 0.717) is 44.4 Å². The first-order valence-corrected chi connectivity index (χ1v) is 14.3. The zero-order valence-electron chi connectivity index (χ0n) is 23.4. The van der Waals surface area contributed by atoms with Gasteiger partial charge in [0.2, 0.25) is 0 Å². The van der Waals surface area contributed by atoms with Crippen molar-refractivity contribution in [3.8, 4) is 0 Å². The minimum absolute atomic E-state index is 0.239. The van der Waals surface area contributed by atoms with Crippen LogP contribution in [0, 0.1) is 0 Å². The molecule has 9 nitrogen and oxygen atoms in total. The second kappa shape index (κ2) is 12.1. The van der Waals surface area contributed by atoms with Crippen molar-refractivity contribution < 1.29 is 14.4 Å². The average molecular weight is 593 g/mol. The number of pyridine rings is 1. The van der Waals surface area contributed by atoms with Crippen molar-refractivity contribution in [2.75, 3.05) is 54.1 Å². The number of nitrogens with zero attached hydrogens (tertiary/aromatic N) is 3. The Hall–Kier alpha value is -4.99. The number of rotatable bonds is 7. The number of ketones is 1. The van der Waals surface area contributed by atoms with Crippen LogP contribution in [0.2, 0.25) is 5.15 Å². The quantitative estimate of drug-likeness (QED) is 0.150. The number of halogens is 1. The molecule has 3 N–H and O–H groups in total. The van der Waals surface area contributed by atoms with Crippen LogP contribution >= 0.6 is 11.6 Å². The van der Waals surface area contributed by atoms with Crippen molar-refractivity contribution in [2.45, 2.75) is 0 Å². The van der Waals surface area contributed by atoms with Gasteiger partial charge < -0.3 is 25.8 Å². The number of carbonyl (C=O) groups is 3. The molecule has 0 aliphatic carbocycles. The molecule has 4 aromatic rings. The van der Waals surface area contributed by atoms with E-state index in [1.165, 1.54) is 18.0 Å². The Kier molecular flexibility index (Phi) is 7.91. The number of benzene rings is 3. The number of nitrogens with one attached hydrogen (secondary N) is 3. The lowest BCUT2D eigenvalue weighted by Gasteiger charge is -2.34. The van der Waals surface area contributed by atoms with Gasteiger partial charge in [0.1, 0.15) is 5.15 Å². The molecule has 0 unspecified atom stereocenters. The van der Waals surface area contributed by atoms with Crippen molar-refractivity contribution in [3.63, 3.8) is 0 Å². The van der Waals surface area contributed by atoms with E-state index >= 15 is 0 Å². The SMILES string of the molecule is CN1CCN(c2ccc(N/C=C3/C(=O)Nc4cc(C(=O)c5cccc(NC(=O)c6ccc(Cl)nc6)c5)ccc43)cc2)CC1. The molecular formula is C33H29ClN6O3. The summed E-state index contributed by atoms with van der Waals surface area (Å²) in [6.07, 6.45) is 3.07. The molecule has 3 aromatic carbocycles. The molecule has 3 heterocycles. The van der Waals surface area contributed by atoms with Crippen LogP contribution < -0.4 is 20.9 Å². The Balaban J connectivity index is 1.13. The van der Waals surface area contributed by atoms with Gasteiger partial charge in [-0.05, 0) is 61.6 Å². The van der Waals surface area contributed by atoms with Crippen molar-refractivity contribution >= 4 is 57.5 Å². The van der Waals surface area contributed by atoms with Crippen molar-refractivity contribution in [1.82, 2.24) is 9.88 Å². The number of hydrogen-bond donors (Lipinski definition) is 3. The van der Waals surface area contributed by atoms with E-state index < -0.39 is 0 Å². The minimum atomic E-state index is -0.368. The van der Waals surface area contributed by atoms with Crippen LogP contribution in [0.4, 0.5) is 22.7 Å². The smallest absolute Gasteiger partial charge is 0.257 e.